The number of rotatable bonds is 4. The zero-order valence-corrected chi connectivity index (χ0v) is 9.41. The van der Waals surface area contributed by atoms with E-state index in [4.69, 9.17) is 5.26 Å². The van der Waals surface area contributed by atoms with Gasteiger partial charge in [0.15, 0.2) is 0 Å². The van der Waals surface area contributed by atoms with Crippen LogP contribution < -0.4 is 10.6 Å². The second kappa shape index (κ2) is 7.20. The first-order valence-electron chi connectivity index (χ1n) is 5.79. The normalized spacial score (nSPS) is 25.5. The summed E-state index contributed by atoms with van der Waals surface area (Å²) in [4.78, 5) is 11.2. The minimum Gasteiger partial charge on any atom is -0.392 e. The number of hydrogen-bond donors (Lipinski definition) is 3. The molecule has 0 heterocycles. The summed E-state index contributed by atoms with van der Waals surface area (Å²) in [6, 6.07) is 1.86. The molecule has 2 atom stereocenters. The second-order valence-corrected chi connectivity index (χ2v) is 4.13. The van der Waals surface area contributed by atoms with Crippen LogP contribution >= 0.6 is 0 Å². The Morgan fingerprint density at radius 3 is 2.88 bits per heavy atom. The van der Waals surface area contributed by atoms with E-state index >= 15 is 0 Å². The van der Waals surface area contributed by atoms with Gasteiger partial charge in [0.1, 0.15) is 6.54 Å². The molecule has 1 aliphatic carbocycles. The van der Waals surface area contributed by atoms with Gasteiger partial charge in [-0.2, -0.15) is 5.26 Å². The van der Waals surface area contributed by atoms with Crippen LogP contribution in [0.25, 0.3) is 0 Å². The fourth-order valence-electron chi connectivity index (χ4n) is 1.95. The Bertz CT molecular complexity index is 262. The zero-order valence-electron chi connectivity index (χ0n) is 9.41. The van der Waals surface area contributed by atoms with Crippen LogP contribution in [0.4, 0.5) is 0 Å². The third-order valence-electron chi connectivity index (χ3n) is 2.87. The van der Waals surface area contributed by atoms with Crippen molar-refractivity contribution in [3.63, 3.8) is 0 Å². The average Bonchev–Trinajstić information content (AvgIpc) is 2.48. The first-order valence-corrected chi connectivity index (χ1v) is 5.79. The van der Waals surface area contributed by atoms with Crippen molar-refractivity contribution in [3.8, 4) is 6.07 Å². The number of nitrogens with one attached hydrogen (secondary N) is 2. The minimum absolute atomic E-state index is 0.00957. The molecule has 1 aliphatic rings. The molecule has 0 bridgehead atoms. The summed E-state index contributed by atoms with van der Waals surface area (Å²) in [5.74, 6) is -0.196. The highest BCUT2D eigenvalue weighted by Crippen LogP contribution is 2.17. The molecular weight excluding hydrogens is 206 g/mol. The Kier molecular flexibility index (Phi) is 5.83. The van der Waals surface area contributed by atoms with Gasteiger partial charge in [-0.15, -0.1) is 0 Å². The Balaban J connectivity index is 2.24. The highest BCUT2D eigenvalue weighted by Gasteiger charge is 2.21. The van der Waals surface area contributed by atoms with Gasteiger partial charge in [-0.25, -0.2) is 0 Å². The van der Waals surface area contributed by atoms with Gasteiger partial charge in [-0.05, 0) is 12.8 Å². The standard InChI is InChI=1S/C11H19N3O2/c12-6-7-13-11(16)8-14-9-4-2-1-3-5-10(9)15/h9-10,14-15H,1-5,7-8H2,(H,13,16). The summed E-state index contributed by atoms with van der Waals surface area (Å²) in [6.07, 6.45) is 4.65. The molecule has 0 saturated heterocycles. The number of carbonyl (C=O) groups excluding carboxylic acids is 1. The van der Waals surface area contributed by atoms with Crippen molar-refractivity contribution in [1.29, 1.82) is 5.26 Å². The van der Waals surface area contributed by atoms with E-state index in [0.717, 1.165) is 32.1 Å². The molecule has 2 unspecified atom stereocenters. The molecule has 0 aromatic carbocycles. The van der Waals surface area contributed by atoms with Gasteiger partial charge in [0.05, 0.1) is 18.7 Å². The molecule has 0 aliphatic heterocycles. The van der Waals surface area contributed by atoms with Gasteiger partial charge < -0.3 is 15.7 Å². The molecule has 3 N–H and O–H groups in total. The van der Waals surface area contributed by atoms with Crippen LogP contribution in [0.1, 0.15) is 32.1 Å². The van der Waals surface area contributed by atoms with Crippen molar-refractivity contribution in [2.24, 2.45) is 0 Å². The number of aliphatic hydroxyl groups excluding tert-OH is 1. The fourth-order valence-corrected chi connectivity index (χ4v) is 1.95. The predicted molar refractivity (Wildman–Crippen MR) is 59.5 cm³/mol. The Morgan fingerprint density at radius 1 is 1.38 bits per heavy atom. The zero-order chi connectivity index (χ0) is 11.8. The molecule has 5 heteroatoms. The number of carbonyl (C=O) groups is 1. The number of aliphatic hydroxyl groups is 1. The second-order valence-electron chi connectivity index (χ2n) is 4.13. The van der Waals surface area contributed by atoms with Crippen LogP contribution in [0.5, 0.6) is 0 Å². The van der Waals surface area contributed by atoms with Crippen LogP contribution in [0.3, 0.4) is 0 Å². The molecule has 1 rings (SSSR count). The van der Waals surface area contributed by atoms with E-state index in [9.17, 15) is 9.90 Å². The van der Waals surface area contributed by atoms with Gasteiger partial charge in [-0.1, -0.05) is 19.3 Å². The molecule has 1 fully saturated rings. The molecule has 1 saturated carbocycles. The van der Waals surface area contributed by atoms with E-state index in [2.05, 4.69) is 10.6 Å². The van der Waals surface area contributed by atoms with E-state index in [1.807, 2.05) is 6.07 Å². The minimum atomic E-state index is -0.355. The molecule has 90 valence electrons. The lowest BCUT2D eigenvalue weighted by atomic mass is 10.1. The lowest BCUT2D eigenvalue weighted by molar-refractivity contribution is -0.120. The van der Waals surface area contributed by atoms with E-state index in [0.29, 0.717) is 0 Å². The number of nitriles is 1. The summed E-state index contributed by atoms with van der Waals surface area (Å²) in [5.41, 5.74) is 0. The molecule has 0 radical (unpaired) electrons. The quantitative estimate of drug-likeness (QED) is 0.461. The number of nitrogens with zero attached hydrogens (tertiary/aromatic N) is 1. The highest BCUT2D eigenvalue weighted by molar-refractivity contribution is 5.78. The van der Waals surface area contributed by atoms with Gasteiger partial charge >= 0.3 is 0 Å². The van der Waals surface area contributed by atoms with Crippen LogP contribution in [0.2, 0.25) is 0 Å². The van der Waals surface area contributed by atoms with Crippen molar-refractivity contribution in [2.75, 3.05) is 13.1 Å². The number of hydrogen-bond acceptors (Lipinski definition) is 4. The molecule has 1 amide bonds. The van der Waals surface area contributed by atoms with Crippen LogP contribution in [0.15, 0.2) is 0 Å². The van der Waals surface area contributed by atoms with Crippen LogP contribution in [-0.2, 0) is 4.79 Å². The molecule has 0 aromatic heterocycles. The highest BCUT2D eigenvalue weighted by atomic mass is 16.3. The maximum Gasteiger partial charge on any atom is 0.234 e. The smallest absolute Gasteiger partial charge is 0.234 e. The van der Waals surface area contributed by atoms with Crippen LogP contribution in [-0.4, -0.2) is 36.2 Å². The third-order valence-corrected chi connectivity index (χ3v) is 2.87. The SMILES string of the molecule is N#CCNC(=O)CNC1CCCCCC1O. The van der Waals surface area contributed by atoms with Crippen molar-refractivity contribution < 1.29 is 9.90 Å². The third kappa shape index (κ3) is 4.60. The number of amides is 1. The monoisotopic (exact) mass is 225 g/mol. The van der Waals surface area contributed by atoms with Crippen molar-refractivity contribution >= 4 is 5.91 Å². The Morgan fingerprint density at radius 2 is 2.12 bits per heavy atom. The Labute approximate surface area is 95.8 Å². The maximum absolute atomic E-state index is 11.2. The van der Waals surface area contributed by atoms with Gasteiger partial charge in [0, 0.05) is 6.04 Å². The summed E-state index contributed by atoms with van der Waals surface area (Å²) in [6.45, 7) is 0.205. The summed E-state index contributed by atoms with van der Waals surface area (Å²) >= 11 is 0. The molecule has 0 spiro atoms. The lowest BCUT2D eigenvalue weighted by Gasteiger charge is -2.21. The predicted octanol–water partition coefficient (Wildman–Crippen LogP) is -0.0906. The molecule has 5 nitrogen and oxygen atoms in total. The summed E-state index contributed by atoms with van der Waals surface area (Å²) in [5, 5.41) is 23.6. The van der Waals surface area contributed by atoms with Crippen molar-refractivity contribution in [2.45, 2.75) is 44.2 Å². The maximum atomic E-state index is 11.2. The molecule has 16 heavy (non-hydrogen) atoms. The lowest BCUT2D eigenvalue weighted by Crippen LogP contribution is -2.44. The summed E-state index contributed by atoms with van der Waals surface area (Å²) in [7, 11) is 0. The average molecular weight is 225 g/mol. The van der Waals surface area contributed by atoms with Crippen molar-refractivity contribution in [1.82, 2.24) is 10.6 Å². The van der Waals surface area contributed by atoms with Gasteiger partial charge in [0.25, 0.3) is 0 Å². The molecular formula is C11H19N3O2. The molecule has 0 aromatic rings. The first kappa shape index (κ1) is 12.9. The van der Waals surface area contributed by atoms with Gasteiger partial charge in [0.2, 0.25) is 5.91 Å². The largest absolute Gasteiger partial charge is 0.392 e. The Hall–Kier alpha value is -1.12. The van der Waals surface area contributed by atoms with Crippen molar-refractivity contribution in [3.05, 3.63) is 0 Å². The van der Waals surface area contributed by atoms with E-state index in [-0.39, 0.29) is 31.1 Å². The topological polar surface area (TPSA) is 85.2 Å². The first-order chi connectivity index (χ1) is 7.74. The fraction of sp³-hybridized carbons (Fsp3) is 0.818. The van der Waals surface area contributed by atoms with Gasteiger partial charge in [-0.3, -0.25) is 4.79 Å². The summed E-state index contributed by atoms with van der Waals surface area (Å²) < 4.78 is 0. The van der Waals surface area contributed by atoms with E-state index < -0.39 is 0 Å². The van der Waals surface area contributed by atoms with E-state index in [1.165, 1.54) is 0 Å². The van der Waals surface area contributed by atoms with Crippen LogP contribution in [0, 0.1) is 11.3 Å². The van der Waals surface area contributed by atoms with E-state index in [1.54, 1.807) is 0 Å².